The molecule has 0 saturated carbocycles. The lowest BCUT2D eigenvalue weighted by Crippen LogP contribution is -2.22. The zero-order valence-electron chi connectivity index (χ0n) is 16.7. The number of methoxy groups -OCH3 is 2. The molecule has 0 aliphatic carbocycles. The minimum absolute atomic E-state index is 0.0838. The Hall–Kier alpha value is -3.22. The number of aromatic hydroxyl groups is 1. The summed E-state index contributed by atoms with van der Waals surface area (Å²) >= 11 is 0. The lowest BCUT2D eigenvalue weighted by Gasteiger charge is -2.21. The summed E-state index contributed by atoms with van der Waals surface area (Å²) in [5, 5.41) is 12.7. The summed E-state index contributed by atoms with van der Waals surface area (Å²) < 4.78 is 15.2. The monoisotopic (exact) mass is 387 g/mol. The number of benzene rings is 2. The first-order valence-corrected chi connectivity index (χ1v) is 8.69. The quantitative estimate of drug-likeness (QED) is 0.737. The molecule has 2 aromatic carbocycles. The van der Waals surface area contributed by atoms with E-state index in [-0.39, 0.29) is 22.5 Å². The molecule has 0 bridgehead atoms. The molecule has 2 aromatic rings. The molecule has 2 N–H and O–H groups in total. The van der Waals surface area contributed by atoms with E-state index in [0.717, 1.165) is 5.56 Å². The summed E-state index contributed by atoms with van der Waals surface area (Å²) in [4.78, 5) is 24.4. The van der Waals surface area contributed by atoms with E-state index in [9.17, 15) is 14.7 Å². The summed E-state index contributed by atoms with van der Waals surface area (Å²) in [5.41, 5.74) is 1.31. The molecular weight excluding hydrogens is 362 g/mol. The van der Waals surface area contributed by atoms with Gasteiger partial charge >= 0.3 is 5.97 Å². The number of phenols is 1. The number of amides is 1. The molecule has 7 heteroatoms. The van der Waals surface area contributed by atoms with Crippen LogP contribution in [0.15, 0.2) is 36.4 Å². The van der Waals surface area contributed by atoms with Crippen molar-refractivity contribution in [2.75, 3.05) is 26.1 Å². The normalized spacial score (nSPS) is 10.9. The van der Waals surface area contributed by atoms with Gasteiger partial charge in [0.05, 0.1) is 19.9 Å². The van der Waals surface area contributed by atoms with Crippen molar-refractivity contribution in [3.63, 3.8) is 0 Å². The van der Waals surface area contributed by atoms with Crippen LogP contribution in [0.4, 0.5) is 5.69 Å². The molecule has 0 aromatic heterocycles. The second-order valence-corrected chi connectivity index (χ2v) is 7.15. The highest BCUT2D eigenvalue weighted by Gasteiger charge is 2.19. The van der Waals surface area contributed by atoms with Gasteiger partial charge in [-0.15, -0.1) is 0 Å². The smallest absolute Gasteiger partial charge is 0.342 e. The van der Waals surface area contributed by atoms with Crippen LogP contribution in [0.3, 0.4) is 0 Å². The van der Waals surface area contributed by atoms with Crippen LogP contribution in [0.25, 0.3) is 0 Å². The van der Waals surface area contributed by atoms with E-state index < -0.39 is 18.5 Å². The molecule has 150 valence electrons. The fourth-order valence-electron chi connectivity index (χ4n) is 2.52. The van der Waals surface area contributed by atoms with Crippen LogP contribution in [0.1, 0.15) is 36.7 Å². The number of ether oxygens (including phenoxy) is 3. The molecular formula is C21H25NO6. The van der Waals surface area contributed by atoms with Crippen LogP contribution < -0.4 is 14.8 Å². The molecule has 0 saturated heterocycles. The summed E-state index contributed by atoms with van der Waals surface area (Å²) in [5.74, 6) is -1.06. The maximum atomic E-state index is 12.3. The van der Waals surface area contributed by atoms with Crippen molar-refractivity contribution in [1.82, 2.24) is 0 Å². The van der Waals surface area contributed by atoms with Crippen molar-refractivity contribution in [3.8, 4) is 17.2 Å². The molecule has 0 spiro atoms. The average Bonchev–Trinajstić information content (AvgIpc) is 2.65. The summed E-state index contributed by atoms with van der Waals surface area (Å²) in [6.07, 6.45) is 0. The van der Waals surface area contributed by atoms with Gasteiger partial charge in [-0.1, -0.05) is 32.9 Å². The van der Waals surface area contributed by atoms with Crippen molar-refractivity contribution in [2.45, 2.75) is 26.2 Å². The van der Waals surface area contributed by atoms with E-state index in [1.165, 1.54) is 32.4 Å². The molecule has 0 atom stereocenters. The number of carbonyl (C=O) groups is 2. The predicted octanol–water partition coefficient (Wildman–Crippen LogP) is 3.50. The second-order valence-electron chi connectivity index (χ2n) is 7.15. The highest BCUT2D eigenvalue weighted by molar-refractivity contribution is 5.97. The zero-order valence-corrected chi connectivity index (χ0v) is 16.7. The Labute approximate surface area is 164 Å². The van der Waals surface area contributed by atoms with E-state index in [2.05, 4.69) is 26.1 Å². The number of phenolic OH excluding ortho intramolecular Hbond substituents is 1. The third-order valence-electron chi connectivity index (χ3n) is 4.11. The van der Waals surface area contributed by atoms with Crippen LogP contribution in [0.5, 0.6) is 17.2 Å². The molecule has 7 nitrogen and oxygen atoms in total. The van der Waals surface area contributed by atoms with Gasteiger partial charge in [-0.05, 0) is 35.2 Å². The van der Waals surface area contributed by atoms with Crippen LogP contribution in [-0.4, -0.2) is 37.8 Å². The highest BCUT2D eigenvalue weighted by Crippen LogP contribution is 2.32. The van der Waals surface area contributed by atoms with Gasteiger partial charge in [-0.2, -0.15) is 0 Å². The number of nitrogens with one attached hydrogen (secondary N) is 1. The number of anilines is 1. The van der Waals surface area contributed by atoms with Gasteiger partial charge in [0.2, 0.25) is 0 Å². The van der Waals surface area contributed by atoms with Gasteiger partial charge in [0, 0.05) is 0 Å². The highest BCUT2D eigenvalue weighted by atomic mass is 16.5. The molecule has 0 heterocycles. The van der Waals surface area contributed by atoms with Crippen molar-refractivity contribution in [1.29, 1.82) is 0 Å². The Morgan fingerprint density at radius 2 is 1.71 bits per heavy atom. The van der Waals surface area contributed by atoms with E-state index in [4.69, 9.17) is 14.2 Å². The van der Waals surface area contributed by atoms with Crippen LogP contribution in [-0.2, 0) is 14.9 Å². The maximum absolute atomic E-state index is 12.3. The standard InChI is InChI=1S/C21H25NO6/c1-21(2,3)13-9-10-16(26-4)15(11-13)22-18(23)12-28-20(25)14-7-6-8-17(27-5)19(14)24/h6-11,24H,12H2,1-5H3,(H,22,23). The second kappa shape index (κ2) is 8.65. The summed E-state index contributed by atoms with van der Waals surface area (Å²) in [6.45, 7) is 5.66. The van der Waals surface area contributed by atoms with Gasteiger partial charge in [0.1, 0.15) is 11.3 Å². The fourth-order valence-corrected chi connectivity index (χ4v) is 2.52. The Morgan fingerprint density at radius 1 is 1.04 bits per heavy atom. The third kappa shape index (κ3) is 4.94. The molecule has 1 amide bonds. The van der Waals surface area contributed by atoms with E-state index >= 15 is 0 Å². The minimum atomic E-state index is -0.832. The average molecular weight is 387 g/mol. The van der Waals surface area contributed by atoms with E-state index in [0.29, 0.717) is 11.4 Å². The largest absolute Gasteiger partial charge is 0.504 e. The first kappa shape index (κ1) is 21.1. The Morgan fingerprint density at radius 3 is 2.32 bits per heavy atom. The predicted molar refractivity (Wildman–Crippen MR) is 105 cm³/mol. The first-order valence-electron chi connectivity index (χ1n) is 8.69. The van der Waals surface area contributed by atoms with Crippen molar-refractivity contribution < 1.29 is 28.9 Å². The molecule has 2 rings (SSSR count). The SMILES string of the molecule is COc1ccc(C(C)(C)C)cc1NC(=O)COC(=O)c1cccc(OC)c1O. The van der Waals surface area contributed by atoms with Gasteiger partial charge < -0.3 is 24.6 Å². The van der Waals surface area contributed by atoms with Crippen LogP contribution >= 0.6 is 0 Å². The summed E-state index contributed by atoms with van der Waals surface area (Å²) in [7, 11) is 2.88. The third-order valence-corrected chi connectivity index (χ3v) is 4.11. The zero-order chi connectivity index (χ0) is 20.9. The van der Waals surface area contributed by atoms with Crippen molar-refractivity contribution >= 4 is 17.6 Å². The van der Waals surface area contributed by atoms with Crippen LogP contribution in [0.2, 0.25) is 0 Å². The molecule has 0 aliphatic heterocycles. The van der Waals surface area contributed by atoms with Crippen LogP contribution in [0, 0.1) is 0 Å². The molecule has 0 unspecified atom stereocenters. The Balaban J connectivity index is 2.08. The number of rotatable bonds is 6. The Kier molecular flexibility index (Phi) is 6.51. The van der Waals surface area contributed by atoms with E-state index in [1.54, 1.807) is 6.07 Å². The minimum Gasteiger partial charge on any atom is -0.504 e. The number of para-hydroxylation sites is 1. The van der Waals surface area contributed by atoms with Gasteiger partial charge in [0.25, 0.3) is 5.91 Å². The van der Waals surface area contributed by atoms with Crippen molar-refractivity contribution in [2.24, 2.45) is 0 Å². The molecule has 0 radical (unpaired) electrons. The first-order chi connectivity index (χ1) is 13.2. The van der Waals surface area contributed by atoms with Gasteiger partial charge in [0.15, 0.2) is 18.1 Å². The van der Waals surface area contributed by atoms with E-state index in [1.807, 2.05) is 12.1 Å². The van der Waals surface area contributed by atoms with Gasteiger partial charge in [-0.25, -0.2) is 4.79 Å². The molecule has 0 fully saturated rings. The topological polar surface area (TPSA) is 94.1 Å². The lowest BCUT2D eigenvalue weighted by molar-refractivity contribution is -0.119. The number of carbonyl (C=O) groups excluding carboxylic acids is 2. The van der Waals surface area contributed by atoms with Gasteiger partial charge in [-0.3, -0.25) is 4.79 Å². The Bertz CT molecular complexity index is 870. The fraction of sp³-hybridized carbons (Fsp3) is 0.333. The van der Waals surface area contributed by atoms with Crippen molar-refractivity contribution in [3.05, 3.63) is 47.5 Å². The summed E-state index contributed by atoms with van der Waals surface area (Å²) in [6, 6.07) is 9.96. The number of esters is 1. The molecule has 0 aliphatic rings. The number of hydrogen-bond donors (Lipinski definition) is 2. The molecule has 28 heavy (non-hydrogen) atoms. The number of hydrogen-bond acceptors (Lipinski definition) is 6. The maximum Gasteiger partial charge on any atom is 0.342 e. The lowest BCUT2D eigenvalue weighted by atomic mass is 9.87.